The third-order valence-electron chi connectivity index (χ3n) is 3.07. The number of nitrogens with zero attached hydrogens (tertiary/aromatic N) is 1. The summed E-state index contributed by atoms with van der Waals surface area (Å²) < 4.78 is 4.84. The average Bonchev–Trinajstić information content (AvgIpc) is 2.48. The number of rotatable bonds is 3. The van der Waals surface area contributed by atoms with Crippen molar-refractivity contribution in [3.8, 4) is 23.0 Å². The number of carbonyl (C=O) groups excluding carboxylic acids is 1. The summed E-state index contributed by atoms with van der Waals surface area (Å²) in [6.45, 7) is 2.86. The molecule has 9 nitrogen and oxygen atoms in total. The van der Waals surface area contributed by atoms with E-state index in [1.54, 1.807) is 0 Å². The maximum absolute atomic E-state index is 11.9. The molecular formula is C15H14N2O7. The standard InChI is InChI=1S/C15H14N2O7/c1-6-3-9(18)12(15(23)24-6)7(2)16-17-14(22)8-4-10(19)13(21)11(20)5-8/h3-5,18-21H,1-2H3,(H,17,22)/b16-7-. The first-order valence-corrected chi connectivity index (χ1v) is 6.64. The minimum atomic E-state index is -0.823. The van der Waals surface area contributed by atoms with E-state index in [0.29, 0.717) is 0 Å². The molecule has 0 aliphatic heterocycles. The molecule has 1 aromatic carbocycles. The number of nitrogens with one attached hydrogen (secondary N) is 1. The van der Waals surface area contributed by atoms with Crippen LogP contribution in [0.4, 0.5) is 0 Å². The Morgan fingerprint density at radius 3 is 2.21 bits per heavy atom. The minimum absolute atomic E-state index is 0.0122. The van der Waals surface area contributed by atoms with E-state index in [2.05, 4.69) is 10.5 Å². The van der Waals surface area contributed by atoms with Crippen LogP contribution in [0.15, 0.2) is 32.5 Å². The van der Waals surface area contributed by atoms with Crippen molar-refractivity contribution < 1.29 is 29.6 Å². The van der Waals surface area contributed by atoms with Crippen molar-refractivity contribution in [2.24, 2.45) is 5.10 Å². The van der Waals surface area contributed by atoms with Crippen molar-refractivity contribution in [3.05, 3.63) is 45.5 Å². The molecule has 0 spiro atoms. The Morgan fingerprint density at radius 2 is 1.67 bits per heavy atom. The highest BCUT2D eigenvalue weighted by Crippen LogP contribution is 2.35. The van der Waals surface area contributed by atoms with Gasteiger partial charge in [0.15, 0.2) is 17.2 Å². The number of phenolic OH excluding ortho intramolecular Hbond substituents is 3. The van der Waals surface area contributed by atoms with Gasteiger partial charge in [-0.15, -0.1) is 0 Å². The number of hydrogen-bond acceptors (Lipinski definition) is 8. The van der Waals surface area contributed by atoms with Gasteiger partial charge in [-0.2, -0.15) is 5.10 Å². The highest BCUT2D eigenvalue weighted by Gasteiger charge is 2.15. The third kappa shape index (κ3) is 3.29. The molecule has 126 valence electrons. The third-order valence-corrected chi connectivity index (χ3v) is 3.07. The Labute approximate surface area is 135 Å². The number of hydrazone groups is 1. The molecule has 1 amide bonds. The maximum atomic E-state index is 11.9. The number of carbonyl (C=O) groups is 1. The molecule has 1 aromatic heterocycles. The first kappa shape index (κ1) is 16.9. The summed E-state index contributed by atoms with van der Waals surface area (Å²) in [7, 11) is 0. The molecule has 5 N–H and O–H groups in total. The molecule has 0 aliphatic carbocycles. The van der Waals surface area contributed by atoms with Gasteiger partial charge < -0.3 is 24.8 Å². The number of aromatic hydroxyl groups is 4. The molecule has 0 unspecified atom stereocenters. The largest absolute Gasteiger partial charge is 0.507 e. The molecule has 0 aliphatic rings. The van der Waals surface area contributed by atoms with Gasteiger partial charge in [0, 0.05) is 11.6 Å². The smallest absolute Gasteiger partial charge is 0.348 e. The molecule has 0 fully saturated rings. The molecule has 0 saturated carbocycles. The van der Waals surface area contributed by atoms with Crippen molar-refractivity contribution in [2.45, 2.75) is 13.8 Å². The van der Waals surface area contributed by atoms with Crippen LogP contribution in [0.1, 0.15) is 28.6 Å². The van der Waals surface area contributed by atoms with Crippen LogP contribution in [-0.4, -0.2) is 32.0 Å². The average molecular weight is 334 g/mol. The summed E-state index contributed by atoms with van der Waals surface area (Å²) in [5.74, 6) is -3.08. The van der Waals surface area contributed by atoms with Crippen molar-refractivity contribution in [3.63, 3.8) is 0 Å². The van der Waals surface area contributed by atoms with Gasteiger partial charge in [0.25, 0.3) is 5.91 Å². The SMILES string of the molecule is C/C(=N/NC(=O)c1cc(O)c(O)c(O)c1)c1c(O)cc(C)oc1=O. The molecule has 0 atom stereocenters. The summed E-state index contributed by atoms with van der Waals surface area (Å²) in [5, 5.41) is 41.4. The van der Waals surface area contributed by atoms with Gasteiger partial charge in [-0.05, 0) is 26.0 Å². The molecule has 2 rings (SSSR count). The fourth-order valence-corrected chi connectivity index (χ4v) is 1.92. The Morgan fingerprint density at radius 1 is 1.08 bits per heavy atom. The monoisotopic (exact) mass is 334 g/mol. The van der Waals surface area contributed by atoms with Crippen LogP contribution in [-0.2, 0) is 0 Å². The van der Waals surface area contributed by atoms with Crippen LogP contribution in [0.3, 0.4) is 0 Å². The fraction of sp³-hybridized carbons (Fsp3) is 0.133. The molecule has 24 heavy (non-hydrogen) atoms. The Bertz CT molecular complexity index is 876. The van der Waals surface area contributed by atoms with Crippen LogP contribution in [0.2, 0.25) is 0 Å². The second-order valence-corrected chi connectivity index (χ2v) is 4.91. The summed E-state index contributed by atoms with van der Waals surface area (Å²) >= 11 is 0. The molecule has 0 radical (unpaired) electrons. The lowest BCUT2D eigenvalue weighted by Gasteiger charge is -2.06. The van der Waals surface area contributed by atoms with Gasteiger partial charge in [0.2, 0.25) is 0 Å². The van der Waals surface area contributed by atoms with Gasteiger partial charge in [0.05, 0.1) is 5.71 Å². The Balaban J connectivity index is 2.28. The van der Waals surface area contributed by atoms with Gasteiger partial charge in [-0.1, -0.05) is 0 Å². The van der Waals surface area contributed by atoms with Crippen LogP contribution >= 0.6 is 0 Å². The van der Waals surface area contributed by atoms with E-state index in [4.69, 9.17) is 4.42 Å². The van der Waals surface area contributed by atoms with Crippen LogP contribution < -0.4 is 11.1 Å². The predicted octanol–water partition coefficient (Wildman–Crippen LogP) is 0.925. The van der Waals surface area contributed by atoms with Gasteiger partial charge in [0.1, 0.15) is 17.1 Å². The van der Waals surface area contributed by atoms with E-state index in [1.165, 1.54) is 19.9 Å². The predicted molar refractivity (Wildman–Crippen MR) is 82.5 cm³/mol. The lowest BCUT2D eigenvalue weighted by atomic mass is 10.1. The fourth-order valence-electron chi connectivity index (χ4n) is 1.92. The molecule has 9 heteroatoms. The van der Waals surface area contributed by atoms with E-state index in [0.717, 1.165) is 12.1 Å². The van der Waals surface area contributed by atoms with E-state index >= 15 is 0 Å². The highest BCUT2D eigenvalue weighted by molar-refractivity contribution is 6.02. The Kier molecular flexibility index (Phi) is 4.45. The van der Waals surface area contributed by atoms with Crippen molar-refractivity contribution in [2.75, 3.05) is 0 Å². The van der Waals surface area contributed by atoms with E-state index < -0.39 is 28.8 Å². The number of phenols is 3. The second kappa shape index (κ2) is 6.32. The van der Waals surface area contributed by atoms with Gasteiger partial charge in [-0.25, -0.2) is 10.2 Å². The lowest BCUT2D eigenvalue weighted by Crippen LogP contribution is -2.21. The lowest BCUT2D eigenvalue weighted by molar-refractivity contribution is 0.0954. The zero-order chi connectivity index (χ0) is 18.0. The Hall–Kier alpha value is -3.49. The summed E-state index contributed by atoms with van der Waals surface area (Å²) in [6, 6.07) is 3.08. The quantitative estimate of drug-likeness (QED) is 0.318. The topological polar surface area (TPSA) is 153 Å². The number of hydrogen-bond donors (Lipinski definition) is 5. The second-order valence-electron chi connectivity index (χ2n) is 4.91. The van der Waals surface area contributed by atoms with Crippen LogP contribution in [0.5, 0.6) is 23.0 Å². The van der Waals surface area contributed by atoms with E-state index in [1.807, 2.05) is 0 Å². The molecule has 0 bridgehead atoms. The number of aryl methyl sites for hydroxylation is 1. The normalized spacial score (nSPS) is 11.3. The summed E-state index contributed by atoms with van der Waals surface area (Å²) in [4.78, 5) is 23.7. The molecule has 1 heterocycles. The molecule has 2 aromatic rings. The van der Waals surface area contributed by atoms with Crippen LogP contribution in [0.25, 0.3) is 0 Å². The highest BCUT2D eigenvalue weighted by atomic mass is 16.4. The minimum Gasteiger partial charge on any atom is -0.507 e. The van der Waals surface area contributed by atoms with Crippen molar-refractivity contribution in [1.82, 2.24) is 5.43 Å². The van der Waals surface area contributed by atoms with Crippen molar-refractivity contribution >= 4 is 11.6 Å². The van der Waals surface area contributed by atoms with E-state index in [-0.39, 0.29) is 28.3 Å². The first-order chi connectivity index (χ1) is 11.2. The zero-order valence-corrected chi connectivity index (χ0v) is 12.7. The zero-order valence-electron chi connectivity index (χ0n) is 12.7. The van der Waals surface area contributed by atoms with Crippen molar-refractivity contribution in [1.29, 1.82) is 0 Å². The molecular weight excluding hydrogens is 320 g/mol. The van der Waals surface area contributed by atoms with Gasteiger partial charge >= 0.3 is 5.63 Å². The maximum Gasteiger partial charge on any atom is 0.348 e. The first-order valence-electron chi connectivity index (χ1n) is 6.64. The summed E-state index contributed by atoms with van der Waals surface area (Å²) in [5.41, 5.74) is 0.873. The van der Waals surface area contributed by atoms with Crippen LogP contribution in [0, 0.1) is 6.92 Å². The number of benzene rings is 1. The van der Waals surface area contributed by atoms with E-state index in [9.17, 15) is 30.0 Å². The molecule has 0 saturated heterocycles. The number of amides is 1. The summed E-state index contributed by atoms with van der Waals surface area (Å²) in [6.07, 6.45) is 0. The van der Waals surface area contributed by atoms with Gasteiger partial charge in [-0.3, -0.25) is 4.79 Å².